The molecule has 0 N–H and O–H groups in total. The van der Waals surface area contributed by atoms with E-state index >= 15 is 0 Å². The van der Waals surface area contributed by atoms with Crippen LogP contribution >= 0.6 is 0 Å². The van der Waals surface area contributed by atoms with Gasteiger partial charge in [-0.1, -0.05) is 12.1 Å². The number of para-hydroxylation sites is 1. The number of nitro groups is 1. The first-order valence-corrected chi connectivity index (χ1v) is 7.78. The highest BCUT2D eigenvalue weighted by molar-refractivity contribution is 7.85. The third-order valence-electron chi connectivity index (χ3n) is 2.49. The van der Waals surface area contributed by atoms with Crippen LogP contribution in [0.25, 0.3) is 0 Å². The molecule has 0 aliphatic carbocycles. The fourth-order valence-electron chi connectivity index (χ4n) is 1.65. The quantitative estimate of drug-likeness (QED) is 0.314. The standard InChI is InChI=1S/C12H17NO6S/c1-10-5-3-6-11(12(10)13(14)15)9-18-7-4-8-19-20(2,16)17/h3,5-6H,4,7-9H2,1-2H3. The van der Waals surface area contributed by atoms with Crippen LogP contribution in [0.3, 0.4) is 0 Å². The van der Waals surface area contributed by atoms with Gasteiger partial charge in [0.1, 0.15) is 0 Å². The summed E-state index contributed by atoms with van der Waals surface area (Å²) in [6.45, 7) is 2.08. The Morgan fingerprint density at radius 1 is 1.30 bits per heavy atom. The van der Waals surface area contributed by atoms with Crippen LogP contribution in [-0.2, 0) is 25.6 Å². The summed E-state index contributed by atoms with van der Waals surface area (Å²) >= 11 is 0. The van der Waals surface area contributed by atoms with Crippen LogP contribution in [0.4, 0.5) is 5.69 Å². The molecule has 0 aliphatic rings. The van der Waals surface area contributed by atoms with Gasteiger partial charge in [0, 0.05) is 12.2 Å². The van der Waals surface area contributed by atoms with Crippen molar-refractivity contribution in [1.82, 2.24) is 0 Å². The lowest BCUT2D eigenvalue weighted by molar-refractivity contribution is -0.386. The highest BCUT2D eigenvalue weighted by Crippen LogP contribution is 2.23. The fourth-order valence-corrected chi connectivity index (χ4v) is 2.07. The van der Waals surface area contributed by atoms with E-state index in [0.29, 0.717) is 17.5 Å². The molecular weight excluding hydrogens is 286 g/mol. The van der Waals surface area contributed by atoms with Gasteiger partial charge in [-0.15, -0.1) is 0 Å². The lowest BCUT2D eigenvalue weighted by Gasteiger charge is -2.06. The molecule has 0 unspecified atom stereocenters. The number of ether oxygens (including phenoxy) is 1. The second-order valence-electron chi connectivity index (χ2n) is 4.27. The van der Waals surface area contributed by atoms with Crippen molar-refractivity contribution >= 4 is 15.8 Å². The largest absolute Gasteiger partial charge is 0.376 e. The molecule has 0 aromatic heterocycles. The van der Waals surface area contributed by atoms with Crippen LogP contribution < -0.4 is 0 Å². The van der Waals surface area contributed by atoms with Crippen molar-refractivity contribution in [2.45, 2.75) is 20.0 Å². The summed E-state index contributed by atoms with van der Waals surface area (Å²) in [7, 11) is -3.43. The van der Waals surface area contributed by atoms with Crippen LogP contribution in [0.1, 0.15) is 17.5 Å². The van der Waals surface area contributed by atoms with Crippen molar-refractivity contribution in [3.05, 3.63) is 39.4 Å². The summed E-state index contributed by atoms with van der Waals surface area (Å²) in [5.41, 5.74) is 1.13. The molecule has 0 aliphatic heterocycles. The van der Waals surface area contributed by atoms with Gasteiger partial charge in [0.2, 0.25) is 0 Å². The molecule has 0 saturated heterocycles. The molecule has 8 heteroatoms. The SMILES string of the molecule is Cc1cccc(COCCCOS(C)(=O)=O)c1[N+](=O)[O-]. The average molecular weight is 303 g/mol. The highest BCUT2D eigenvalue weighted by atomic mass is 32.2. The van der Waals surface area contributed by atoms with E-state index < -0.39 is 15.0 Å². The first-order chi connectivity index (χ1) is 9.31. The molecule has 20 heavy (non-hydrogen) atoms. The molecule has 0 atom stereocenters. The Bertz CT molecular complexity index is 569. The van der Waals surface area contributed by atoms with Crippen LogP contribution in [0.2, 0.25) is 0 Å². The average Bonchev–Trinajstić information content (AvgIpc) is 2.31. The monoisotopic (exact) mass is 303 g/mol. The fraction of sp³-hybridized carbons (Fsp3) is 0.500. The van der Waals surface area contributed by atoms with E-state index in [0.717, 1.165) is 6.26 Å². The van der Waals surface area contributed by atoms with Crippen LogP contribution in [0.5, 0.6) is 0 Å². The zero-order valence-corrected chi connectivity index (χ0v) is 12.2. The molecule has 0 radical (unpaired) electrons. The van der Waals surface area contributed by atoms with Gasteiger partial charge in [-0.25, -0.2) is 0 Å². The second kappa shape index (κ2) is 7.32. The Kier molecular flexibility index (Phi) is 6.05. The molecule has 0 heterocycles. The Morgan fingerprint density at radius 2 is 2.00 bits per heavy atom. The predicted octanol–water partition coefficient (Wildman–Crippen LogP) is 1.79. The molecule has 0 bridgehead atoms. The van der Waals surface area contributed by atoms with E-state index in [4.69, 9.17) is 4.74 Å². The Balaban J connectivity index is 2.43. The van der Waals surface area contributed by atoms with Gasteiger partial charge in [0.15, 0.2) is 0 Å². The number of hydrogen-bond acceptors (Lipinski definition) is 6. The van der Waals surface area contributed by atoms with E-state index in [1.165, 1.54) is 0 Å². The second-order valence-corrected chi connectivity index (χ2v) is 5.92. The van der Waals surface area contributed by atoms with Gasteiger partial charge in [-0.3, -0.25) is 14.3 Å². The zero-order chi connectivity index (χ0) is 15.2. The normalized spacial score (nSPS) is 11.5. The Morgan fingerprint density at radius 3 is 2.60 bits per heavy atom. The van der Waals surface area contributed by atoms with Crippen LogP contribution in [0, 0.1) is 17.0 Å². The lowest BCUT2D eigenvalue weighted by atomic mass is 10.1. The molecule has 1 aromatic rings. The Hall–Kier alpha value is -1.51. The van der Waals surface area contributed by atoms with Gasteiger partial charge < -0.3 is 4.74 Å². The minimum Gasteiger partial charge on any atom is -0.376 e. The summed E-state index contributed by atoms with van der Waals surface area (Å²) in [5, 5.41) is 11.0. The first kappa shape index (κ1) is 16.5. The summed E-state index contributed by atoms with van der Waals surface area (Å²) < 4.78 is 31.3. The molecule has 0 fully saturated rings. The molecule has 0 amide bonds. The maximum absolute atomic E-state index is 11.0. The van der Waals surface area contributed by atoms with Gasteiger partial charge >= 0.3 is 0 Å². The van der Waals surface area contributed by atoms with Crippen molar-refractivity contribution in [2.75, 3.05) is 19.5 Å². The smallest absolute Gasteiger partial charge is 0.277 e. The predicted molar refractivity (Wildman–Crippen MR) is 72.9 cm³/mol. The molecule has 1 rings (SSSR count). The molecule has 112 valence electrons. The van der Waals surface area contributed by atoms with E-state index in [1.54, 1.807) is 25.1 Å². The summed E-state index contributed by atoms with van der Waals surface area (Å²) in [6, 6.07) is 5.04. The number of benzene rings is 1. The molecule has 1 aromatic carbocycles. The van der Waals surface area contributed by atoms with Gasteiger partial charge in [-0.05, 0) is 19.4 Å². The van der Waals surface area contributed by atoms with Crippen molar-refractivity contribution in [1.29, 1.82) is 0 Å². The van der Waals surface area contributed by atoms with E-state index in [9.17, 15) is 18.5 Å². The summed E-state index contributed by atoms with van der Waals surface area (Å²) in [4.78, 5) is 10.5. The maximum Gasteiger partial charge on any atom is 0.277 e. The lowest BCUT2D eigenvalue weighted by Crippen LogP contribution is -2.07. The van der Waals surface area contributed by atoms with E-state index in [2.05, 4.69) is 4.18 Å². The van der Waals surface area contributed by atoms with Crippen molar-refractivity contribution in [3.8, 4) is 0 Å². The summed E-state index contributed by atoms with van der Waals surface area (Å²) in [6.07, 6.45) is 1.37. The van der Waals surface area contributed by atoms with Gasteiger partial charge in [0.25, 0.3) is 15.8 Å². The summed E-state index contributed by atoms with van der Waals surface area (Å²) in [5.74, 6) is 0. The highest BCUT2D eigenvalue weighted by Gasteiger charge is 2.16. The zero-order valence-electron chi connectivity index (χ0n) is 11.4. The van der Waals surface area contributed by atoms with Gasteiger partial charge in [0.05, 0.1) is 30.0 Å². The van der Waals surface area contributed by atoms with Crippen molar-refractivity contribution in [3.63, 3.8) is 0 Å². The van der Waals surface area contributed by atoms with Crippen LogP contribution in [0.15, 0.2) is 18.2 Å². The minimum atomic E-state index is -3.43. The molecule has 7 nitrogen and oxygen atoms in total. The van der Waals surface area contributed by atoms with Gasteiger partial charge in [-0.2, -0.15) is 8.42 Å². The number of nitro benzene ring substituents is 1. The third-order valence-corrected chi connectivity index (χ3v) is 3.09. The van der Waals surface area contributed by atoms with Crippen LogP contribution in [-0.4, -0.2) is 32.8 Å². The van der Waals surface area contributed by atoms with Crippen molar-refractivity contribution < 1.29 is 22.3 Å². The number of hydrogen-bond donors (Lipinski definition) is 0. The number of aryl methyl sites for hydroxylation is 1. The third kappa shape index (κ3) is 5.64. The van der Waals surface area contributed by atoms with E-state index in [-0.39, 0.29) is 25.5 Å². The minimum absolute atomic E-state index is 0.0365. The molecule has 0 saturated carbocycles. The number of nitrogens with zero attached hydrogens (tertiary/aromatic N) is 1. The molecular formula is C12H17NO6S. The van der Waals surface area contributed by atoms with Crippen molar-refractivity contribution in [2.24, 2.45) is 0 Å². The maximum atomic E-state index is 11.0. The topological polar surface area (TPSA) is 95.7 Å². The molecule has 0 spiro atoms. The number of rotatable bonds is 8. The Labute approximate surface area is 117 Å². The first-order valence-electron chi connectivity index (χ1n) is 5.96. The van der Waals surface area contributed by atoms with E-state index in [1.807, 2.05) is 0 Å².